The Morgan fingerprint density at radius 1 is 1.35 bits per heavy atom. The maximum atomic E-state index is 5.04. The summed E-state index contributed by atoms with van der Waals surface area (Å²) in [5.74, 6) is 1.74. The van der Waals surface area contributed by atoms with Gasteiger partial charge in [0.25, 0.3) is 0 Å². The number of pyridine rings is 1. The summed E-state index contributed by atoms with van der Waals surface area (Å²) in [6.45, 7) is 3.97. The van der Waals surface area contributed by atoms with Gasteiger partial charge in [0.15, 0.2) is 0 Å². The number of ether oxygens (including phenoxy) is 1. The zero-order valence-electron chi connectivity index (χ0n) is 12.8. The van der Waals surface area contributed by atoms with Crippen LogP contribution in [0.3, 0.4) is 0 Å². The maximum Gasteiger partial charge on any atom is 0.126 e. The Bertz CT molecular complexity index is 397. The highest BCUT2D eigenvalue weighted by Gasteiger charge is 2.15. The van der Waals surface area contributed by atoms with E-state index in [9.17, 15) is 0 Å². The average Bonchev–Trinajstić information content (AvgIpc) is 2.65. The topological polar surface area (TPSA) is 37.4 Å². The van der Waals surface area contributed by atoms with Gasteiger partial charge in [-0.2, -0.15) is 0 Å². The van der Waals surface area contributed by atoms with E-state index in [0.717, 1.165) is 24.7 Å². The lowest BCUT2D eigenvalue weighted by Gasteiger charge is -2.15. The van der Waals surface area contributed by atoms with Gasteiger partial charge in [0.2, 0.25) is 0 Å². The van der Waals surface area contributed by atoms with E-state index >= 15 is 0 Å². The standard InChI is InChI=1S/C16H27N3O/c1-19-10-4-5-14(8-11-19)13-15-6-3-7-16(18-15)17-9-12-20-2/h3,6-7,14H,4-5,8-13H2,1-2H3,(H,17,18)/t14-/m1/s1. The highest BCUT2D eigenvalue weighted by molar-refractivity contribution is 5.35. The normalized spacial score (nSPS) is 20.6. The van der Waals surface area contributed by atoms with Crippen LogP contribution in [0.2, 0.25) is 0 Å². The largest absolute Gasteiger partial charge is 0.383 e. The molecule has 1 aliphatic rings. The van der Waals surface area contributed by atoms with Gasteiger partial charge >= 0.3 is 0 Å². The van der Waals surface area contributed by atoms with Crippen LogP contribution in [0.15, 0.2) is 18.2 Å². The van der Waals surface area contributed by atoms with Gasteiger partial charge in [-0.3, -0.25) is 0 Å². The van der Waals surface area contributed by atoms with Gasteiger partial charge in [0.05, 0.1) is 6.61 Å². The second-order valence-corrected chi connectivity index (χ2v) is 5.74. The Morgan fingerprint density at radius 3 is 3.10 bits per heavy atom. The minimum absolute atomic E-state index is 0.709. The smallest absolute Gasteiger partial charge is 0.126 e. The lowest BCUT2D eigenvalue weighted by atomic mass is 9.95. The van der Waals surface area contributed by atoms with Crippen molar-refractivity contribution in [2.75, 3.05) is 45.7 Å². The first-order chi connectivity index (χ1) is 9.78. The van der Waals surface area contributed by atoms with Crippen LogP contribution in [0.1, 0.15) is 25.0 Å². The molecule has 0 saturated carbocycles. The molecule has 1 fully saturated rings. The number of likely N-dealkylation sites (tertiary alicyclic amines) is 1. The number of aromatic nitrogens is 1. The number of methoxy groups -OCH3 is 1. The molecule has 0 bridgehead atoms. The third-order valence-electron chi connectivity index (χ3n) is 3.99. The van der Waals surface area contributed by atoms with Gasteiger partial charge in [-0.25, -0.2) is 4.98 Å². The van der Waals surface area contributed by atoms with Crippen LogP contribution >= 0.6 is 0 Å². The maximum absolute atomic E-state index is 5.04. The lowest BCUT2D eigenvalue weighted by Crippen LogP contribution is -2.19. The molecule has 0 radical (unpaired) electrons. The fraction of sp³-hybridized carbons (Fsp3) is 0.688. The van der Waals surface area contributed by atoms with Crippen molar-refractivity contribution in [2.45, 2.75) is 25.7 Å². The Balaban J connectivity index is 1.86. The summed E-state index contributed by atoms with van der Waals surface area (Å²) in [7, 11) is 3.94. The molecule has 0 unspecified atom stereocenters. The molecule has 0 amide bonds. The van der Waals surface area contributed by atoms with Crippen molar-refractivity contribution in [3.05, 3.63) is 23.9 Å². The van der Waals surface area contributed by atoms with Crippen LogP contribution in [0.5, 0.6) is 0 Å². The van der Waals surface area contributed by atoms with E-state index in [1.54, 1.807) is 7.11 Å². The highest BCUT2D eigenvalue weighted by Crippen LogP contribution is 2.21. The number of nitrogens with zero attached hydrogens (tertiary/aromatic N) is 2. The van der Waals surface area contributed by atoms with Crippen molar-refractivity contribution in [3.63, 3.8) is 0 Å². The summed E-state index contributed by atoms with van der Waals surface area (Å²) in [5, 5.41) is 3.30. The SMILES string of the molecule is COCCNc1cccc(C[C@@H]2CCCN(C)CC2)n1. The van der Waals surface area contributed by atoms with Crippen molar-refractivity contribution in [3.8, 4) is 0 Å². The molecule has 1 aromatic heterocycles. The van der Waals surface area contributed by atoms with Gasteiger partial charge in [-0.15, -0.1) is 0 Å². The van der Waals surface area contributed by atoms with Crippen molar-refractivity contribution in [1.29, 1.82) is 0 Å². The van der Waals surface area contributed by atoms with E-state index in [1.807, 2.05) is 6.07 Å². The first-order valence-electron chi connectivity index (χ1n) is 7.65. The second kappa shape index (κ2) is 8.22. The van der Waals surface area contributed by atoms with Crippen molar-refractivity contribution < 1.29 is 4.74 Å². The summed E-state index contributed by atoms with van der Waals surface area (Å²) in [5.41, 5.74) is 1.21. The number of anilines is 1. The average molecular weight is 277 g/mol. The van der Waals surface area contributed by atoms with Gasteiger partial charge in [-0.05, 0) is 63.9 Å². The lowest BCUT2D eigenvalue weighted by molar-refractivity contribution is 0.210. The first-order valence-corrected chi connectivity index (χ1v) is 7.65. The van der Waals surface area contributed by atoms with E-state index in [2.05, 4.69) is 29.4 Å². The second-order valence-electron chi connectivity index (χ2n) is 5.74. The zero-order chi connectivity index (χ0) is 14.2. The zero-order valence-corrected chi connectivity index (χ0v) is 12.8. The van der Waals surface area contributed by atoms with Gasteiger partial charge in [0.1, 0.15) is 5.82 Å². The van der Waals surface area contributed by atoms with Gasteiger partial charge in [-0.1, -0.05) is 6.07 Å². The minimum Gasteiger partial charge on any atom is -0.383 e. The molecule has 4 heteroatoms. The Kier molecular flexibility index (Phi) is 6.27. The van der Waals surface area contributed by atoms with Crippen LogP contribution in [0.25, 0.3) is 0 Å². The molecule has 1 atom stereocenters. The number of rotatable bonds is 6. The molecule has 1 aliphatic heterocycles. The van der Waals surface area contributed by atoms with Crippen molar-refractivity contribution in [2.24, 2.45) is 5.92 Å². The van der Waals surface area contributed by atoms with E-state index in [0.29, 0.717) is 6.61 Å². The Morgan fingerprint density at radius 2 is 2.25 bits per heavy atom. The molecule has 2 rings (SSSR count). The molecule has 20 heavy (non-hydrogen) atoms. The van der Waals surface area contributed by atoms with Crippen LogP contribution in [0, 0.1) is 5.92 Å². The van der Waals surface area contributed by atoms with Crippen LogP contribution in [0.4, 0.5) is 5.82 Å². The molecule has 1 saturated heterocycles. The van der Waals surface area contributed by atoms with Crippen LogP contribution < -0.4 is 5.32 Å². The van der Waals surface area contributed by atoms with Crippen LogP contribution in [-0.4, -0.2) is 50.3 Å². The molecular formula is C16H27N3O. The fourth-order valence-corrected chi connectivity index (χ4v) is 2.78. The van der Waals surface area contributed by atoms with E-state index in [1.165, 1.54) is 38.0 Å². The number of hydrogen-bond acceptors (Lipinski definition) is 4. The highest BCUT2D eigenvalue weighted by atomic mass is 16.5. The Labute approximate surface area is 122 Å². The molecule has 112 valence electrons. The van der Waals surface area contributed by atoms with Gasteiger partial charge < -0.3 is 15.0 Å². The summed E-state index contributed by atoms with van der Waals surface area (Å²) in [6, 6.07) is 6.27. The number of nitrogens with one attached hydrogen (secondary N) is 1. The van der Waals surface area contributed by atoms with Gasteiger partial charge in [0, 0.05) is 19.3 Å². The molecule has 2 heterocycles. The quantitative estimate of drug-likeness (QED) is 0.810. The summed E-state index contributed by atoms with van der Waals surface area (Å²) in [6.07, 6.45) is 5.04. The summed E-state index contributed by atoms with van der Waals surface area (Å²) >= 11 is 0. The minimum atomic E-state index is 0.709. The fourth-order valence-electron chi connectivity index (χ4n) is 2.78. The predicted octanol–water partition coefficient (Wildman–Crippen LogP) is 2.41. The molecule has 4 nitrogen and oxygen atoms in total. The molecule has 0 aliphatic carbocycles. The van der Waals surface area contributed by atoms with Crippen LogP contribution in [-0.2, 0) is 11.2 Å². The van der Waals surface area contributed by atoms with E-state index in [4.69, 9.17) is 9.72 Å². The summed E-state index contributed by atoms with van der Waals surface area (Å²) in [4.78, 5) is 7.15. The first kappa shape index (κ1) is 15.3. The molecule has 0 aromatic carbocycles. The van der Waals surface area contributed by atoms with Crippen molar-refractivity contribution >= 4 is 5.82 Å². The molecule has 1 N–H and O–H groups in total. The summed E-state index contributed by atoms with van der Waals surface area (Å²) < 4.78 is 5.04. The van der Waals surface area contributed by atoms with E-state index in [-0.39, 0.29) is 0 Å². The molecule has 0 spiro atoms. The predicted molar refractivity (Wildman–Crippen MR) is 83.1 cm³/mol. The number of hydrogen-bond donors (Lipinski definition) is 1. The van der Waals surface area contributed by atoms with Crippen molar-refractivity contribution in [1.82, 2.24) is 9.88 Å². The molecular weight excluding hydrogens is 250 g/mol. The third-order valence-corrected chi connectivity index (χ3v) is 3.99. The Hall–Kier alpha value is -1.13. The monoisotopic (exact) mass is 277 g/mol. The van der Waals surface area contributed by atoms with E-state index < -0.39 is 0 Å². The third kappa shape index (κ3) is 5.10. The molecule has 1 aromatic rings.